The second-order valence-corrected chi connectivity index (χ2v) is 13.7. The van der Waals surface area contributed by atoms with Crippen LogP contribution < -0.4 is 0 Å². The summed E-state index contributed by atoms with van der Waals surface area (Å²) in [6.45, 7) is 4.69. The van der Waals surface area contributed by atoms with Crippen LogP contribution in [-0.4, -0.2) is 19.5 Å². The van der Waals surface area contributed by atoms with Gasteiger partial charge < -0.3 is 0 Å². The van der Waals surface area contributed by atoms with Gasteiger partial charge in [-0.3, -0.25) is 4.57 Å². The van der Waals surface area contributed by atoms with Crippen molar-refractivity contribution < 1.29 is 0 Å². The third kappa shape index (κ3) is 4.35. The zero-order valence-electron chi connectivity index (χ0n) is 27.8. The number of nitrogens with zero attached hydrogens (tertiary/aromatic N) is 4. The maximum absolute atomic E-state index is 5.13. The Morgan fingerprint density at radius 1 is 0.480 bits per heavy atom. The van der Waals surface area contributed by atoms with E-state index in [1.54, 1.807) is 0 Å². The molecule has 6 aromatic carbocycles. The van der Waals surface area contributed by atoms with E-state index >= 15 is 0 Å². The molecule has 0 spiro atoms. The Kier molecular flexibility index (Phi) is 6.19. The van der Waals surface area contributed by atoms with Crippen LogP contribution in [0.25, 0.3) is 83.4 Å². The van der Waals surface area contributed by atoms with E-state index in [0.717, 1.165) is 44.9 Å². The highest BCUT2D eigenvalue weighted by molar-refractivity contribution is 6.15. The SMILES string of the molecule is CC1(C)c2ccccc2-c2cc3c(cc21)c1cc2ccccc2cc1n3-c1ccc(-c2nc(-c3ccccc3)cc(-c3ccccc3)n2)cn1. The highest BCUT2D eigenvalue weighted by Gasteiger charge is 2.36. The smallest absolute Gasteiger partial charge is 0.161 e. The normalized spacial score (nSPS) is 13.2. The predicted molar refractivity (Wildman–Crippen MR) is 206 cm³/mol. The van der Waals surface area contributed by atoms with E-state index in [1.165, 1.54) is 43.8 Å². The number of hydrogen-bond acceptors (Lipinski definition) is 3. The summed E-state index contributed by atoms with van der Waals surface area (Å²) in [6.07, 6.45) is 1.92. The Balaban J connectivity index is 1.18. The number of benzene rings is 6. The van der Waals surface area contributed by atoms with Gasteiger partial charge in [-0.2, -0.15) is 0 Å². The Labute approximate surface area is 290 Å². The van der Waals surface area contributed by atoms with Crippen LogP contribution in [0.1, 0.15) is 25.0 Å². The second kappa shape index (κ2) is 10.8. The van der Waals surface area contributed by atoms with Gasteiger partial charge in [-0.15, -0.1) is 0 Å². The van der Waals surface area contributed by atoms with E-state index in [0.29, 0.717) is 5.82 Å². The molecule has 236 valence electrons. The zero-order chi connectivity index (χ0) is 33.4. The molecule has 3 aromatic heterocycles. The molecular weight excluding hydrogens is 609 g/mol. The molecule has 3 heterocycles. The molecule has 0 amide bonds. The molecule has 0 bridgehead atoms. The number of pyridine rings is 1. The van der Waals surface area contributed by atoms with Crippen LogP contribution >= 0.6 is 0 Å². The van der Waals surface area contributed by atoms with Gasteiger partial charge in [-0.1, -0.05) is 123 Å². The van der Waals surface area contributed by atoms with Crippen molar-refractivity contribution in [3.8, 4) is 50.8 Å². The number of rotatable bonds is 4. The topological polar surface area (TPSA) is 43.6 Å². The molecule has 10 rings (SSSR count). The molecule has 9 aromatic rings. The first-order valence-electron chi connectivity index (χ1n) is 17.1. The van der Waals surface area contributed by atoms with E-state index in [-0.39, 0.29) is 5.41 Å². The fourth-order valence-corrected chi connectivity index (χ4v) is 7.88. The lowest BCUT2D eigenvalue weighted by atomic mass is 9.82. The minimum Gasteiger partial charge on any atom is -0.294 e. The summed E-state index contributed by atoms with van der Waals surface area (Å²) in [5, 5.41) is 4.90. The Morgan fingerprint density at radius 2 is 1.08 bits per heavy atom. The summed E-state index contributed by atoms with van der Waals surface area (Å²) in [7, 11) is 0. The van der Waals surface area contributed by atoms with Crippen LogP contribution in [-0.2, 0) is 5.41 Å². The molecule has 0 unspecified atom stereocenters. The van der Waals surface area contributed by atoms with Crippen molar-refractivity contribution in [1.29, 1.82) is 0 Å². The molecule has 0 saturated heterocycles. The summed E-state index contributed by atoms with van der Waals surface area (Å²) in [6, 6.07) is 53.8. The van der Waals surface area contributed by atoms with Crippen molar-refractivity contribution in [2.75, 3.05) is 0 Å². The molecule has 0 aliphatic heterocycles. The molecule has 0 saturated carbocycles. The van der Waals surface area contributed by atoms with Crippen LogP contribution in [0.2, 0.25) is 0 Å². The average Bonchev–Trinajstić information content (AvgIpc) is 3.60. The van der Waals surface area contributed by atoms with Gasteiger partial charge in [-0.05, 0) is 75.5 Å². The summed E-state index contributed by atoms with van der Waals surface area (Å²) >= 11 is 0. The molecular formula is C46H32N4. The van der Waals surface area contributed by atoms with Crippen LogP contribution in [0.4, 0.5) is 0 Å². The van der Waals surface area contributed by atoms with E-state index < -0.39 is 0 Å². The minimum atomic E-state index is -0.0851. The van der Waals surface area contributed by atoms with Crippen molar-refractivity contribution in [3.05, 3.63) is 169 Å². The molecule has 1 aliphatic carbocycles. The van der Waals surface area contributed by atoms with E-state index in [4.69, 9.17) is 15.0 Å². The molecule has 50 heavy (non-hydrogen) atoms. The van der Waals surface area contributed by atoms with Crippen LogP contribution in [0.3, 0.4) is 0 Å². The van der Waals surface area contributed by atoms with Crippen LogP contribution in [0, 0.1) is 0 Å². The van der Waals surface area contributed by atoms with Crippen molar-refractivity contribution in [2.24, 2.45) is 0 Å². The average molecular weight is 641 g/mol. The van der Waals surface area contributed by atoms with E-state index in [9.17, 15) is 0 Å². The summed E-state index contributed by atoms with van der Waals surface area (Å²) in [5.41, 5.74) is 12.3. The Bertz CT molecular complexity index is 2700. The lowest BCUT2D eigenvalue weighted by Crippen LogP contribution is -2.14. The summed E-state index contributed by atoms with van der Waals surface area (Å²) in [5.74, 6) is 1.51. The Hall–Kier alpha value is -6.39. The first kappa shape index (κ1) is 28.6. The van der Waals surface area contributed by atoms with Gasteiger partial charge in [0, 0.05) is 39.1 Å². The fraction of sp³-hybridized carbons (Fsp3) is 0.0652. The molecule has 0 radical (unpaired) electrons. The molecule has 4 nitrogen and oxygen atoms in total. The Morgan fingerprint density at radius 3 is 1.76 bits per heavy atom. The quantitative estimate of drug-likeness (QED) is 0.192. The summed E-state index contributed by atoms with van der Waals surface area (Å²) < 4.78 is 2.33. The van der Waals surface area contributed by atoms with Crippen LogP contribution in [0.5, 0.6) is 0 Å². The zero-order valence-corrected chi connectivity index (χ0v) is 27.8. The first-order valence-corrected chi connectivity index (χ1v) is 17.1. The third-order valence-electron chi connectivity index (χ3n) is 10.4. The van der Waals surface area contributed by atoms with Gasteiger partial charge in [0.05, 0.1) is 22.4 Å². The van der Waals surface area contributed by atoms with E-state index in [1.807, 2.05) is 42.6 Å². The maximum atomic E-state index is 5.13. The van der Waals surface area contributed by atoms with Gasteiger partial charge in [0.25, 0.3) is 0 Å². The highest BCUT2D eigenvalue weighted by Crippen LogP contribution is 2.51. The highest BCUT2D eigenvalue weighted by atomic mass is 15.1. The standard InChI is InChI=1S/C46H32N4/c1-46(2)38-20-12-11-19-34(38)35-26-43-37(25-39(35)46)36-23-31-17-9-10-18-32(31)24-42(36)50(43)44-22-21-33(28-47-44)45-48-40(29-13-5-3-6-14-29)27-41(49-45)30-15-7-4-8-16-30/h3-28H,1-2H3. The van der Waals surface area contributed by atoms with Gasteiger partial charge in [0.1, 0.15) is 5.82 Å². The number of hydrogen-bond donors (Lipinski definition) is 0. The number of aromatic nitrogens is 4. The second-order valence-electron chi connectivity index (χ2n) is 13.7. The van der Waals surface area contributed by atoms with E-state index in [2.05, 4.69) is 134 Å². The van der Waals surface area contributed by atoms with Gasteiger partial charge >= 0.3 is 0 Å². The number of fused-ring (bicyclic) bond motifs is 7. The summed E-state index contributed by atoms with van der Waals surface area (Å²) in [4.78, 5) is 15.2. The monoisotopic (exact) mass is 640 g/mol. The fourth-order valence-electron chi connectivity index (χ4n) is 7.88. The van der Waals surface area contributed by atoms with Crippen molar-refractivity contribution in [1.82, 2.24) is 19.5 Å². The van der Waals surface area contributed by atoms with Gasteiger partial charge in [-0.25, -0.2) is 15.0 Å². The molecule has 1 aliphatic rings. The first-order chi connectivity index (χ1) is 24.5. The molecule has 0 fully saturated rings. The molecule has 4 heteroatoms. The largest absolute Gasteiger partial charge is 0.294 e. The van der Waals surface area contributed by atoms with Crippen LogP contribution in [0.15, 0.2) is 158 Å². The third-order valence-corrected chi connectivity index (χ3v) is 10.4. The molecule has 0 N–H and O–H groups in total. The lowest BCUT2D eigenvalue weighted by molar-refractivity contribution is 0.661. The predicted octanol–water partition coefficient (Wildman–Crippen LogP) is 11.4. The van der Waals surface area contributed by atoms with Crippen molar-refractivity contribution >= 4 is 32.6 Å². The van der Waals surface area contributed by atoms with Crippen molar-refractivity contribution in [2.45, 2.75) is 19.3 Å². The minimum absolute atomic E-state index is 0.0851. The lowest BCUT2D eigenvalue weighted by Gasteiger charge is -2.21. The van der Waals surface area contributed by atoms with Gasteiger partial charge in [0.15, 0.2) is 5.82 Å². The van der Waals surface area contributed by atoms with Gasteiger partial charge in [0.2, 0.25) is 0 Å². The maximum Gasteiger partial charge on any atom is 0.161 e. The van der Waals surface area contributed by atoms with Crippen molar-refractivity contribution in [3.63, 3.8) is 0 Å². The molecule has 0 atom stereocenters.